The van der Waals surface area contributed by atoms with Crippen LogP contribution in [0.15, 0.2) is 57.2 Å². The minimum absolute atomic E-state index is 0.00426. The molecule has 0 aromatic rings. The highest BCUT2D eigenvalue weighted by atomic mass is 35.5. The van der Waals surface area contributed by atoms with E-state index in [0.717, 1.165) is 5.57 Å². The van der Waals surface area contributed by atoms with E-state index in [4.69, 9.17) is 11.6 Å². The normalized spacial score (nSPS) is 17.4. The summed E-state index contributed by atoms with van der Waals surface area (Å²) in [4.78, 5) is 45.8. The molecule has 0 heterocycles. The number of alkyl halides is 1. The van der Waals surface area contributed by atoms with Crippen LogP contribution in [0, 0.1) is 0 Å². The van der Waals surface area contributed by atoms with Crippen molar-refractivity contribution in [2.24, 2.45) is 0 Å². The van der Waals surface area contributed by atoms with Gasteiger partial charge in [0.15, 0.2) is 23.1 Å². The molecule has 0 amide bonds. The van der Waals surface area contributed by atoms with Gasteiger partial charge in [0.2, 0.25) is 0 Å². The molecule has 0 saturated carbocycles. The molecule has 4 nitrogen and oxygen atoms in total. The number of hydrogen-bond donors (Lipinski definition) is 0. The van der Waals surface area contributed by atoms with E-state index in [9.17, 15) is 19.2 Å². The first-order chi connectivity index (χ1) is 12.5. The second-order valence-electron chi connectivity index (χ2n) is 6.85. The summed E-state index contributed by atoms with van der Waals surface area (Å²) in [7, 11) is 0. The van der Waals surface area contributed by atoms with E-state index < -0.39 is 0 Å². The van der Waals surface area contributed by atoms with Crippen LogP contribution in [0.1, 0.15) is 48.0 Å². The minimum Gasteiger partial charge on any atom is -0.290 e. The third-order valence-corrected chi connectivity index (χ3v) is 4.90. The molecular weight excluding hydrogens is 364 g/mol. The van der Waals surface area contributed by atoms with Gasteiger partial charge in [0.05, 0.1) is 5.88 Å². The Bertz CT molecular complexity index is 857. The fourth-order valence-corrected chi connectivity index (χ4v) is 2.62. The van der Waals surface area contributed by atoms with Crippen molar-refractivity contribution < 1.29 is 19.2 Å². The zero-order valence-electron chi connectivity index (χ0n) is 16.7. The average Bonchev–Trinajstić information content (AvgIpc) is 2.63. The van der Waals surface area contributed by atoms with Gasteiger partial charge in [-0.05, 0) is 60.1 Å². The van der Waals surface area contributed by atoms with Crippen molar-refractivity contribution in [2.45, 2.75) is 48.0 Å². The van der Waals surface area contributed by atoms with Crippen LogP contribution in [0.5, 0.6) is 0 Å². The Labute approximate surface area is 165 Å². The molecule has 0 spiro atoms. The van der Waals surface area contributed by atoms with Gasteiger partial charge in [-0.1, -0.05) is 11.6 Å². The van der Waals surface area contributed by atoms with Gasteiger partial charge in [0.25, 0.3) is 0 Å². The molecule has 2 aliphatic carbocycles. The molecule has 27 heavy (non-hydrogen) atoms. The standard InChI is InChI=1S/C13H16O2.C9H9ClO2/c1-8(2)5-6-11-7-12(14)9(3)10(4)13(11)15;1-5-6(2)9(12)7(4-10)3-8(5)11/h5,7H,6H2,1-4H3;3H,4H2,1-2H3. The highest BCUT2D eigenvalue weighted by Crippen LogP contribution is 2.21. The van der Waals surface area contributed by atoms with Gasteiger partial charge in [-0.2, -0.15) is 0 Å². The van der Waals surface area contributed by atoms with Gasteiger partial charge in [0.1, 0.15) is 0 Å². The Morgan fingerprint density at radius 1 is 0.778 bits per heavy atom. The number of hydrogen-bond acceptors (Lipinski definition) is 4. The summed E-state index contributed by atoms with van der Waals surface area (Å²) in [5.74, 6) is -0.145. The van der Waals surface area contributed by atoms with Crippen LogP contribution in [0.2, 0.25) is 0 Å². The highest BCUT2D eigenvalue weighted by Gasteiger charge is 2.22. The fraction of sp³-hybridized carbons (Fsp3) is 0.364. The Kier molecular flexibility index (Phi) is 8.04. The van der Waals surface area contributed by atoms with Crippen molar-refractivity contribution in [2.75, 3.05) is 5.88 Å². The first-order valence-corrected chi connectivity index (χ1v) is 9.18. The number of halogens is 1. The van der Waals surface area contributed by atoms with E-state index in [1.54, 1.807) is 27.7 Å². The molecule has 0 bridgehead atoms. The van der Waals surface area contributed by atoms with Crippen LogP contribution in [0.25, 0.3) is 0 Å². The second-order valence-corrected chi connectivity index (χ2v) is 7.11. The van der Waals surface area contributed by atoms with Crippen LogP contribution in [-0.2, 0) is 19.2 Å². The molecular formula is C22H25ClO4. The Hall–Kier alpha value is -2.33. The van der Waals surface area contributed by atoms with Crippen LogP contribution in [-0.4, -0.2) is 29.0 Å². The maximum atomic E-state index is 11.8. The first-order valence-electron chi connectivity index (χ1n) is 8.64. The SMILES string of the molecule is CC(C)=CCC1=CC(=O)C(C)=C(C)C1=O.CC1=C(C)C(=O)C(CCl)=CC1=O. The van der Waals surface area contributed by atoms with Crippen molar-refractivity contribution in [3.05, 3.63) is 57.2 Å². The van der Waals surface area contributed by atoms with Gasteiger partial charge in [0, 0.05) is 33.4 Å². The van der Waals surface area contributed by atoms with E-state index in [1.807, 2.05) is 19.9 Å². The van der Waals surface area contributed by atoms with Crippen LogP contribution >= 0.6 is 11.6 Å². The summed E-state index contributed by atoms with van der Waals surface area (Å²) < 4.78 is 0. The van der Waals surface area contributed by atoms with Crippen LogP contribution in [0.3, 0.4) is 0 Å². The summed E-state index contributed by atoms with van der Waals surface area (Å²) in [6.07, 6.45) is 5.30. The number of carbonyl (C=O) groups is 4. The number of Topliss-reactive ketones (excluding diaryl/α,β-unsaturated/α-hetero) is 2. The first kappa shape index (κ1) is 22.7. The lowest BCUT2D eigenvalue weighted by Crippen LogP contribution is -2.17. The molecule has 0 fully saturated rings. The summed E-state index contributed by atoms with van der Waals surface area (Å²) >= 11 is 5.49. The highest BCUT2D eigenvalue weighted by molar-refractivity contribution is 6.29. The summed E-state index contributed by atoms with van der Waals surface area (Å²) in [5.41, 5.74) is 4.33. The van der Waals surface area contributed by atoms with Gasteiger partial charge in [-0.25, -0.2) is 0 Å². The van der Waals surface area contributed by atoms with Gasteiger partial charge in [-0.15, -0.1) is 11.6 Å². The van der Waals surface area contributed by atoms with E-state index in [1.165, 1.54) is 12.2 Å². The number of ketones is 4. The maximum absolute atomic E-state index is 11.8. The van der Waals surface area contributed by atoms with Crippen molar-refractivity contribution in [1.29, 1.82) is 0 Å². The van der Waals surface area contributed by atoms with Crippen LogP contribution in [0.4, 0.5) is 0 Å². The predicted molar refractivity (Wildman–Crippen MR) is 108 cm³/mol. The van der Waals surface area contributed by atoms with Crippen LogP contribution < -0.4 is 0 Å². The third-order valence-electron chi connectivity index (χ3n) is 4.61. The quantitative estimate of drug-likeness (QED) is 0.408. The van der Waals surface area contributed by atoms with Crippen molar-refractivity contribution in [1.82, 2.24) is 0 Å². The predicted octanol–water partition coefficient (Wildman–Crippen LogP) is 4.40. The molecule has 0 aromatic carbocycles. The third kappa shape index (κ3) is 5.57. The maximum Gasteiger partial charge on any atom is 0.186 e. The molecule has 0 aliphatic heterocycles. The summed E-state index contributed by atoms with van der Waals surface area (Å²) in [5, 5.41) is 0. The smallest absolute Gasteiger partial charge is 0.186 e. The van der Waals surface area contributed by atoms with E-state index in [2.05, 4.69) is 0 Å². The lowest BCUT2D eigenvalue weighted by atomic mass is 9.89. The zero-order valence-corrected chi connectivity index (χ0v) is 17.4. The van der Waals surface area contributed by atoms with E-state index in [-0.39, 0.29) is 29.0 Å². The Balaban J connectivity index is 0.000000277. The molecule has 2 aliphatic rings. The lowest BCUT2D eigenvalue weighted by Gasteiger charge is -2.12. The molecule has 144 valence electrons. The molecule has 0 N–H and O–H groups in total. The molecule has 2 rings (SSSR count). The molecule has 0 atom stereocenters. The van der Waals surface area contributed by atoms with Crippen molar-refractivity contribution in [3.63, 3.8) is 0 Å². The van der Waals surface area contributed by atoms with E-state index >= 15 is 0 Å². The average molecular weight is 389 g/mol. The van der Waals surface area contributed by atoms with Gasteiger partial charge >= 0.3 is 0 Å². The Morgan fingerprint density at radius 3 is 1.59 bits per heavy atom. The lowest BCUT2D eigenvalue weighted by molar-refractivity contribution is -0.115. The van der Waals surface area contributed by atoms with Gasteiger partial charge < -0.3 is 0 Å². The number of rotatable bonds is 3. The largest absolute Gasteiger partial charge is 0.290 e. The summed E-state index contributed by atoms with van der Waals surface area (Å²) in [6, 6.07) is 0. The topological polar surface area (TPSA) is 68.3 Å². The number of carbonyl (C=O) groups excluding carboxylic acids is 4. The van der Waals surface area contributed by atoms with Gasteiger partial charge in [-0.3, -0.25) is 19.2 Å². The fourth-order valence-electron chi connectivity index (χ4n) is 2.42. The molecule has 0 unspecified atom stereocenters. The zero-order chi connectivity index (χ0) is 20.9. The number of allylic oxidation sites excluding steroid dienone is 10. The molecule has 0 aromatic heterocycles. The van der Waals surface area contributed by atoms with E-state index in [0.29, 0.717) is 39.9 Å². The molecule has 5 heteroatoms. The molecule has 0 radical (unpaired) electrons. The second kappa shape index (κ2) is 9.56. The molecule has 0 saturated heterocycles. The summed E-state index contributed by atoms with van der Waals surface area (Å²) in [6.45, 7) is 10.7. The van der Waals surface area contributed by atoms with Crippen molar-refractivity contribution >= 4 is 34.7 Å². The monoisotopic (exact) mass is 388 g/mol. The van der Waals surface area contributed by atoms with Crippen molar-refractivity contribution in [3.8, 4) is 0 Å². The minimum atomic E-state index is -0.109. The Morgan fingerprint density at radius 2 is 1.19 bits per heavy atom.